The fourth-order valence-corrected chi connectivity index (χ4v) is 4.22. The number of aromatic nitrogens is 1. The summed E-state index contributed by atoms with van der Waals surface area (Å²) in [5.41, 5.74) is 2.51. The molecule has 0 unspecified atom stereocenters. The molecule has 1 heterocycles. The number of pyridine rings is 1. The molecule has 1 aromatic heterocycles. The topological polar surface area (TPSA) is 94.7 Å². The first kappa shape index (κ1) is 27.4. The Balaban J connectivity index is 1.44. The number of hydrogen-bond donors (Lipinski definition) is 3. The summed E-state index contributed by atoms with van der Waals surface area (Å²) in [6, 6.07) is 17.1. The molecule has 0 bridgehead atoms. The molecule has 1 atom stereocenters. The smallest absolute Gasteiger partial charge is 0.248 e. The van der Waals surface area contributed by atoms with Gasteiger partial charge < -0.3 is 25.0 Å². The molecule has 0 aliphatic heterocycles. The van der Waals surface area contributed by atoms with E-state index in [0.29, 0.717) is 44.2 Å². The second-order valence-electron chi connectivity index (χ2n) is 9.52. The highest BCUT2D eigenvalue weighted by Crippen LogP contribution is 2.24. The number of rotatable bonds is 14. The summed E-state index contributed by atoms with van der Waals surface area (Å²) in [6.07, 6.45) is 1.97. The maximum Gasteiger partial charge on any atom is 0.248 e. The Morgan fingerprint density at radius 3 is 2.53 bits per heavy atom. The Bertz CT molecular complexity index is 1160. The minimum atomic E-state index is -0.237. The number of aromatic amines is 1. The van der Waals surface area contributed by atoms with E-state index in [2.05, 4.69) is 43.2 Å². The molecule has 7 heteroatoms. The fourth-order valence-electron chi connectivity index (χ4n) is 4.22. The maximum absolute atomic E-state index is 13.0. The lowest BCUT2D eigenvalue weighted by atomic mass is 10.0. The molecule has 0 spiro atoms. The zero-order valence-corrected chi connectivity index (χ0v) is 21.6. The van der Waals surface area contributed by atoms with Gasteiger partial charge in [-0.1, -0.05) is 50.2 Å². The van der Waals surface area contributed by atoms with Gasteiger partial charge in [0.05, 0.1) is 25.2 Å². The lowest BCUT2D eigenvalue weighted by molar-refractivity contribution is -0.135. The fraction of sp³-hybridized carbons (Fsp3) is 0.448. The van der Waals surface area contributed by atoms with E-state index in [1.54, 1.807) is 12.1 Å². The van der Waals surface area contributed by atoms with Crippen LogP contribution in [0.1, 0.15) is 38.3 Å². The average molecular weight is 494 g/mol. The largest absolute Gasteiger partial charge is 0.506 e. The third kappa shape index (κ3) is 7.93. The van der Waals surface area contributed by atoms with E-state index < -0.39 is 0 Å². The second kappa shape index (κ2) is 13.8. The number of hydrogen-bond acceptors (Lipinski definition) is 5. The molecule has 0 radical (unpaired) electrons. The molecular weight excluding hydrogens is 454 g/mol. The standard InChI is InChI=1S/C29H39N3O4/c1-21(2)22(3)32(28(35)15-20-36-19-14-23-7-5-4-6-8-23)18-17-30-16-13-24-9-11-26(33)29-25(24)10-12-27(34)31-29/h4-12,21-22,30,33H,13-20H2,1-3H3,(H,31,34)/t22-/m1/s1. The molecule has 3 rings (SSSR count). The summed E-state index contributed by atoms with van der Waals surface area (Å²) in [5, 5.41) is 14.3. The van der Waals surface area contributed by atoms with Crippen molar-refractivity contribution >= 4 is 16.8 Å². The molecule has 0 aliphatic rings. The van der Waals surface area contributed by atoms with Crippen LogP contribution in [0.15, 0.2) is 59.4 Å². The number of nitrogens with one attached hydrogen (secondary N) is 2. The van der Waals surface area contributed by atoms with Crippen molar-refractivity contribution in [2.75, 3.05) is 32.8 Å². The molecule has 0 aliphatic carbocycles. The quantitative estimate of drug-likeness (QED) is 0.296. The SMILES string of the molecule is CC(C)[C@@H](C)N(CCNCCc1ccc(O)c2[nH]c(=O)ccc12)C(=O)CCOCCc1ccccc1. The number of phenolic OH excluding ortho intramolecular Hbond substituents is 1. The van der Waals surface area contributed by atoms with Crippen LogP contribution in [0.25, 0.3) is 10.9 Å². The van der Waals surface area contributed by atoms with Crippen molar-refractivity contribution in [1.82, 2.24) is 15.2 Å². The molecule has 1 amide bonds. The predicted octanol–water partition coefficient (Wildman–Crippen LogP) is 3.89. The predicted molar refractivity (Wildman–Crippen MR) is 144 cm³/mol. The van der Waals surface area contributed by atoms with Crippen molar-refractivity contribution in [3.63, 3.8) is 0 Å². The summed E-state index contributed by atoms with van der Waals surface area (Å²) in [7, 11) is 0. The van der Waals surface area contributed by atoms with E-state index in [1.165, 1.54) is 11.6 Å². The summed E-state index contributed by atoms with van der Waals surface area (Å²) in [5.74, 6) is 0.546. The van der Waals surface area contributed by atoms with E-state index in [0.717, 1.165) is 30.3 Å². The van der Waals surface area contributed by atoms with Crippen molar-refractivity contribution in [3.05, 3.63) is 76.1 Å². The van der Waals surface area contributed by atoms with Gasteiger partial charge in [0.1, 0.15) is 5.75 Å². The number of aromatic hydroxyl groups is 1. The molecule has 0 saturated carbocycles. The van der Waals surface area contributed by atoms with E-state index in [1.807, 2.05) is 29.2 Å². The van der Waals surface area contributed by atoms with Crippen LogP contribution in [0, 0.1) is 5.92 Å². The maximum atomic E-state index is 13.0. The molecular formula is C29H39N3O4. The normalized spacial score (nSPS) is 12.2. The average Bonchev–Trinajstić information content (AvgIpc) is 2.87. The Hall–Kier alpha value is -3.16. The first-order chi connectivity index (χ1) is 17.4. The van der Waals surface area contributed by atoms with Gasteiger partial charge in [0.2, 0.25) is 11.5 Å². The number of fused-ring (bicyclic) bond motifs is 1. The zero-order chi connectivity index (χ0) is 25.9. The van der Waals surface area contributed by atoms with Crippen LogP contribution in [0.2, 0.25) is 0 Å². The lowest BCUT2D eigenvalue weighted by Crippen LogP contribution is -2.45. The number of carbonyl (C=O) groups is 1. The monoisotopic (exact) mass is 493 g/mol. The molecule has 194 valence electrons. The summed E-state index contributed by atoms with van der Waals surface area (Å²) in [4.78, 5) is 29.2. The van der Waals surface area contributed by atoms with Gasteiger partial charge in [0.25, 0.3) is 0 Å². The van der Waals surface area contributed by atoms with Gasteiger partial charge in [-0.15, -0.1) is 0 Å². The highest BCUT2D eigenvalue weighted by atomic mass is 16.5. The van der Waals surface area contributed by atoms with Crippen LogP contribution in [0.3, 0.4) is 0 Å². The van der Waals surface area contributed by atoms with Crippen molar-refractivity contribution < 1.29 is 14.6 Å². The van der Waals surface area contributed by atoms with Crippen LogP contribution >= 0.6 is 0 Å². The minimum Gasteiger partial charge on any atom is -0.506 e. The Kier molecular flexibility index (Phi) is 10.5. The Labute approximate surface area is 213 Å². The lowest BCUT2D eigenvalue weighted by Gasteiger charge is -2.32. The van der Waals surface area contributed by atoms with Crippen LogP contribution in [-0.2, 0) is 22.4 Å². The first-order valence-electron chi connectivity index (χ1n) is 12.8. The number of carbonyl (C=O) groups excluding carboxylic acids is 1. The van der Waals surface area contributed by atoms with Crippen molar-refractivity contribution in [1.29, 1.82) is 0 Å². The first-order valence-corrected chi connectivity index (χ1v) is 12.8. The molecule has 0 saturated heterocycles. The van der Waals surface area contributed by atoms with E-state index in [-0.39, 0.29) is 23.3 Å². The number of ether oxygens (including phenoxy) is 1. The highest BCUT2D eigenvalue weighted by Gasteiger charge is 2.21. The van der Waals surface area contributed by atoms with Gasteiger partial charge in [-0.2, -0.15) is 0 Å². The Morgan fingerprint density at radius 2 is 1.78 bits per heavy atom. The molecule has 3 N–H and O–H groups in total. The van der Waals surface area contributed by atoms with Crippen molar-refractivity contribution in [2.24, 2.45) is 5.92 Å². The van der Waals surface area contributed by atoms with Gasteiger partial charge >= 0.3 is 0 Å². The molecule has 0 fully saturated rings. The molecule has 7 nitrogen and oxygen atoms in total. The molecule has 2 aromatic carbocycles. The van der Waals surface area contributed by atoms with Gasteiger partial charge in [-0.3, -0.25) is 9.59 Å². The van der Waals surface area contributed by atoms with E-state index >= 15 is 0 Å². The van der Waals surface area contributed by atoms with E-state index in [9.17, 15) is 14.7 Å². The van der Waals surface area contributed by atoms with E-state index in [4.69, 9.17) is 4.74 Å². The third-order valence-electron chi connectivity index (χ3n) is 6.68. The van der Waals surface area contributed by atoms with Gasteiger partial charge in [0.15, 0.2) is 0 Å². The zero-order valence-electron chi connectivity index (χ0n) is 21.6. The summed E-state index contributed by atoms with van der Waals surface area (Å²) < 4.78 is 5.74. The number of phenols is 1. The van der Waals surface area contributed by atoms with Gasteiger partial charge in [-0.25, -0.2) is 0 Å². The number of H-pyrrole nitrogens is 1. The van der Waals surface area contributed by atoms with Crippen LogP contribution in [-0.4, -0.2) is 59.8 Å². The summed E-state index contributed by atoms with van der Waals surface area (Å²) in [6.45, 7) is 9.44. The number of amides is 1. The van der Waals surface area contributed by atoms with Crippen molar-refractivity contribution in [3.8, 4) is 5.75 Å². The second-order valence-corrected chi connectivity index (χ2v) is 9.52. The third-order valence-corrected chi connectivity index (χ3v) is 6.68. The number of benzene rings is 2. The molecule has 3 aromatic rings. The van der Waals surface area contributed by atoms with Gasteiger partial charge in [-0.05, 0) is 55.5 Å². The minimum absolute atomic E-state index is 0.0697. The summed E-state index contributed by atoms with van der Waals surface area (Å²) >= 11 is 0. The van der Waals surface area contributed by atoms with Crippen LogP contribution in [0.4, 0.5) is 0 Å². The highest BCUT2D eigenvalue weighted by molar-refractivity contribution is 5.87. The molecule has 36 heavy (non-hydrogen) atoms. The van der Waals surface area contributed by atoms with Crippen LogP contribution < -0.4 is 10.9 Å². The Morgan fingerprint density at radius 1 is 1.00 bits per heavy atom. The van der Waals surface area contributed by atoms with Crippen LogP contribution in [0.5, 0.6) is 5.75 Å². The van der Waals surface area contributed by atoms with Gasteiger partial charge in [0, 0.05) is 30.6 Å². The van der Waals surface area contributed by atoms with Crippen molar-refractivity contribution in [2.45, 2.75) is 46.1 Å². The number of nitrogens with zero attached hydrogens (tertiary/aromatic N) is 1.